The standard InChI is InChI=1S/C23H21ClF4N2O3S/c1-13(25)10-17-12-19(22(31)29-16-5-7-18(8-6-16)34(3,32)33)14(2)30(17)21-9-4-15(24)11-20(21)23(26,27)28/h4-9,11-13H,10H2,1-3H3,(H,29,31)/t13-/m1/s1. The van der Waals surface area contributed by atoms with Crippen LogP contribution in [0, 0.1) is 6.92 Å². The van der Waals surface area contributed by atoms with Crippen molar-refractivity contribution in [3.63, 3.8) is 0 Å². The molecule has 0 spiro atoms. The quantitative estimate of drug-likeness (QED) is 0.408. The molecule has 0 aliphatic rings. The first-order valence-corrected chi connectivity index (χ1v) is 12.3. The Hall–Kier alpha value is -2.85. The Morgan fingerprint density at radius 2 is 1.74 bits per heavy atom. The summed E-state index contributed by atoms with van der Waals surface area (Å²) in [5.41, 5.74) is -0.610. The zero-order valence-electron chi connectivity index (χ0n) is 18.4. The Bertz CT molecular complexity index is 1330. The Morgan fingerprint density at radius 3 is 2.26 bits per heavy atom. The number of nitrogens with one attached hydrogen (secondary N) is 1. The number of rotatable bonds is 6. The fraction of sp³-hybridized carbons (Fsp3) is 0.261. The molecule has 0 aliphatic carbocycles. The van der Waals surface area contributed by atoms with E-state index in [1.807, 2.05) is 0 Å². The summed E-state index contributed by atoms with van der Waals surface area (Å²) in [7, 11) is -3.42. The highest BCUT2D eigenvalue weighted by Crippen LogP contribution is 2.37. The van der Waals surface area contributed by atoms with Crippen LogP contribution in [0.4, 0.5) is 23.2 Å². The van der Waals surface area contributed by atoms with E-state index in [9.17, 15) is 30.8 Å². The van der Waals surface area contributed by atoms with Gasteiger partial charge in [-0.15, -0.1) is 0 Å². The maximum Gasteiger partial charge on any atom is 0.418 e. The Balaban J connectivity index is 2.07. The molecule has 3 aromatic rings. The van der Waals surface area contributed by atoms with Crippen molar-refractivity contribution in [2.24, 2.45) is 0 Å². The first-order chi connectivity index (χ1) is 15.7. The molecule has 11 heteroatoms. The van der Waals surface area contributed by atoms with Gasteiger partial charge in [0, 0.05) is 34.8 Å². The van der Waals surface area contributed by atoms with E-state index in [-0.39, 0.29) is 44.7 Å². The number of carbonyl (C=O) groups excluding carboxylic acids is 1. The second-order valence-corrected chi connectivity index (χ2v) is 10.3. The molecule has 182 valence electrons. The number of carbonyl (C=O) groups is 1. The number of amides is 1. The average molecular weight is 517 g/mol. The van der Waals surface area contributed by atoms with Gasteiger partial charge in [0.15, 0.2) is 9.84 Å². The molecule has 1 amide bonds. The Labute approximate surface area is 199 Å². The summed E-state index contributed by atoms with van der Waals surface area (Å²) in [6.45, 7) is 2.73. The fourth-order valence-electron chi connectivity index (χ4n) is 3.59. The van der Waals surface area contributed by atoms with Gasteiger partial charge in [-0.2, -0.15) is 13.2 Å². The summed E-state index contributed by atoms with van der Waals surface area (Å²) in [4.78, 5) is 13.0. The third kappa shape index (κ3) is 5.61. The van der Waals surface area contributed by atoms with Gasteiger partial charge in [-0.1, -0.05) is 11.6 Å². The summed E-state index contributed by atoms with van der Waals surface area (Å²) in [5, 5.41) is 2.48. The summed E-state index contributed by atoms with van der Waals surface area (Å²) >= 11 is 5.79. The van der Waals surface area contributed by atoms with E-state index < -0.39 is 33.7 Å². The molecule has 0 radical (unpaired) electrons. The first-order valence-electron chi connectivity index (χ1n) is 10.0. The smallest absolute Gasteiger partial charge is 0.322 e. The average Bonchev–Trinajstić information content (AvgIpc) is 3.02. The molecule has 1 heterocycles. The van der Waals surface area contributed by atoms with Crippen LogP contribution in [0.5, 0.6) is 0 Å². The van der Waals surface area contributed by atoms with Gasteiger partial charge in [-0.05, 0) is 62.4 Å². The van der Waals surface area contributed by atoms with Gasteiger partial charge in [0.05, 0.1) is 21.7 Å². The van der Waals surface area contributed by atoms with Gasteiger partial charge < -0.3 is 9.88 Å². The monoisotopic (exact) mass is 516 g/mol. The highest BCUT2D eigenvalue weighted by atomic mass is 35.5. The molecule has 1 N–H and O–H groups in total. The summed E-state index contributed by atoms with van der Waals surface area (Å²) in [5.74, 6) is -0.640. The van der Waals surface area contributed by atoms with E-state index in [0.717, 1.165) is 12.3 Å². The zero-order valence-corrected chi connectivity index (χ0v) is 19.9. The summed E-state index contributed by atoms with van der Waals surface area (Å²) < 4.78 is 79.5. The molecule has 0 bridgehead atoms. The van der Waals surface area contributed by atoms with Crippen molar-refractivity contribution in [1.29, 1.82) is 0 Å². The number of nitrogens with zero attached hydrogens (tertiary/aromatic N) is 1. The van der Waals surface area contributed by atoms with E-state index in [0.29, 0.717) is 0 Å². The number of hydrogen-bond acceptors (Lipinski definition) is 3. The lowest BCUT2D eigenvalue weighted by atomic mass is 10.1. The van der Waals surface area contributed by atoms with Crippen LogP contribution in [0.1, 0.15) is 34.2 Å². The van der Waals surface area contributed by atoms with Crippen LogP contribution >= 0.6 is 11.6 Å². The van der Waals surface area contributed by atoms with E-state index in [1.165, 1.54) is 60.9 Å². The first kappa shape index (κ1) is 25.8. The molecule has 1 atom stereocenters. The molecule has 34 heavy (non-hydrogen) atoms. The maximum atomic E-state index is 13.9. The summed E-state index contributed by atoms with van der Waals surface area (Å²) in [6.07, 6.45) is -5.29. The third-order valence-corrected chi connectivity index (χ3v) is 6.47. The van der Waals surface area contributed by atoms with Crippen molar-refractivity contribution >= 4 is 33.0 Å². The minimum Gasteiger partial charge on any atom is -0.322 e. The van der Waals surface area contributed by atoms with Crippen LogP contribution in [0.15, 0.2) is 53.4 Å². The lowest BCUT2D eigenvalue weighted by molar-refractivity contribution is -0.137. The summed E-state index contributed by atoms with van der Waals surface area (Å²) in [6, 6.07) is 10.0. The van der Waals surface area contributed by atoms with Gasteiger partial charge >= 0.3 is 6.18 Å². The number of halogens is 5. The predicted octanol–water partition coefficient (Wildman–Crippen LogP) is 6.01. The minimum atomic E-state index is -4.74. The SMILES string of the molecule is Cc1c(C(=O)Nc2ccc(S(C)(=O)=O)cc2)cc(C[C@@H](C)F)n1-c1ccc(Cl)cc1C(F)(F)F. The molecule has 2 aromatic carbocycles. The van der Waals surface area contributed by atoms with Crippen LogP contribution < -0.4 is 5.32 Å². The lowest BCUT2D eigenvalue weighted by Gasteiger charge is -2.18. The molecular weight excluding hydrogens is 496 g/mol. The van der Waals surface area contributed by atoms with Crippen molar-refractivity contribution in [3.8, 4) is 5.69 Å². The molecule has 3 rings (SSSR count). The van der Waals surface area contributed by atoms with Gasteiger partial charge in [0.1, 0.15) is 6.17 Å². The fourth-order valence-corrected chi connectivity index (χ4v) is 4.39. The highest BCUT2D eigenvalue weighted by Gasteiger charge is 2.35. The number of benzene rings is 2. The number of aromatic nitrogens is 1. The molecular formula is C23H21ClF4N2O3S. The number of alkyl halides is 4. The van der Waals surface area contributed by atoms with Crippen LogP contribution in [-0.4, -0.2) is 31.3 Å². The molecule has 0 aliphatic heterocycles. The van der Waals surface area contributed by atoms with Crippen LogP contribution in [-0.2, 0) is 22.4 Å². The van der Waals surface area contributed by atoms with Gasteiger partial charge in [-0.25, -0.2) is 12.8 Å². The van der Waals surface area contributed by atoms with Crippen molar-refractivity contribution in [1.82, 2.24) is 4.57 Å². The lowest BCUT2D eigenvalue weighted by Crippen LogP contribution is -2.16. The second-order valence-electron chi connectivity index (χ2n) is 7.86. The topological polar surface area (TPSA) is 68.2 Å². The van der Waals surface area contributed by atoms with Crippen molar-refractivity contribution in [2.45, 2.75) is 37.5 Å². The number of anilines is 1. The van der Waals surface area contributed by atoms with Crippen LogP contribution in [0.2, 0.25) is 5.02 Å². The van der Waals surface area contributed by atoms with E-state index in [4.69, 9.17) is 11.6 Å². The third-order valence-electron chi connectivity index (χ3n) is 5.10. The van der Waals surface area contributed by atoms with Gasteiger partial charge in [0.25, 0.3) is 5.91 Å². The number of hydrogen-bond donors (Lipinski definition) is 1. The minimum absolute atomic E-state index is 0.0471. The van der Waals surface area contributed by atoms with Gasteiger partial charge in [-0.3, -0.25) is 4.79 Å². The molecule has 5 nitrogen and oxygen atoms in total. The highest BCUT2D eigenvalue weighted by molar-refractivity contribution is 7.90. The van der Waals surface area contributed by atoms with E-state index in [2.05, 4.69) is 5.32 Å². The van der Waals surface area contributed by atoms with E-state index in [1.54, 1.807) is 0 Å². The Morgan fingerprint density at radius 1 is 1.12 bits per heavy atom. The van der Waals surface area contributed by atoms with E-state index >= 15 is 0 Å². The second kappa shape index (κ2) is 9.42. The molecule has 0 unspecified atom stereocenters. The van der Waals surface area contributed by atoms with Crippen molar-refractivity contribution in [3.05, 3.63) is 76.1 Å². The molecule has 0 fully saturated rings. The van der Waals surface area contributed by atoms with Crippen molar-refractivity contribution < 1.29 is 30.8 Å². The molecule has 1 aromatic heterocycles. The molecule has 0 saturated carbocycles. The molecule has 0 saturated heterocycles. The largest absolute Gasteiger partial charge is 0.418 e. The number of sulfone groups is 1. The zero-order chi connectivity index (χ0) is 25.4. The van der Waals surface area contributed by atoms with Crippen LogP contribution in [0.25, 0.3) is 5.69 Å². The maximum absolute atomic E-state index is 13.9. The van der Waals surface area contributed by atoms with Gasteiger partial charge in [0.2, 0.25) is 0 Å². The van der Waals surface area contributed by atoms with Crippen molar-refractivity contribution in [2.75, 3.05) is 11.6 Å². The normalized spacial score (nSPS) is 13.1. The van der Waals surface area contributed by atoms with Crippen LogP contribution in [0.3, 0.4) is 0 Å². The predicted molar refractivity (Wildman–Crippen MR) is 122 cm³/mol. The Kier molecular flexibility index (Phi) is 7.14.